The standard InChI is InChI=1S/C17H18N2O/c1-2-18-17(20)19(13-15-9-5-3-6-10-15)14-16-11-7-4-8-12-16/h2-12H,1,13-14H2,(H,18,20). The molecular weight excluding hydrogens is 248 g/mol. The number of urea groups is 1. The molecule has 2 aromatic rings. The Bertz CT molecular complexity index is 510. The van der Waals surface area contributed by atoms with Crippen molar-refractivity contribution in [1.82, 2.24) is 10.2 Å². The highest BCUT2D eigenvalue weighted by Crippen LogP contribution is 2.10. The highest BCUT2D eigenvalue weighted by atomic mass is 16.2. The number of nitrogens with zero attached hydrogens (tertiary/aromatic N) is 1. The van der Waals surface area contributed by atoms with E-state index in [-0.39, 0.29) is 6.03 Å². The highest BCUT2D eigenvalue weighted by molar-refractivity contribution is 5.75. The zero-order chi connectivity index (χ0) is 14.2. The molecule has 102 valence electrons. The molecule has 0 aliphatic heterocycles. The summed E-state index contributed by atoms with van der Waals surface area (Å²) in [5, 5.41) is 2.64. The van der Waals surface area contributed by atoms with Gasteiger partial charge in [-0.1, -0.05) is 67.2 Å². The lowest BCUT2D eigenvalue weighted by molar-refractivity contribution is 0.196. The minimum absolute atomic E-state index is 0.146. The van der Waals surface area contributed by atoms with Crippen molar-refractivity contribution >= 4 is 6.03 Å². The van der Waals surface area contributed by atoms with Crippen molar-refractivity contribution < 1.29 is 4.79 Å². The molecule has 1 N–H and O–H groups in total. The minimum atomic E-state index is -0.146. The fourth-order valence-electron chi connectivity index (χ4n) is 1.99. The summed E-state index contributed by atoms with van der Waals surface area (Å²) in [4.78, 5) is 13.9. The van der Waals surface area contributed by atoms with Gasteiger partial charge in [0.25, 0.3) is 0 Å². The summed E-state index contributed by atoms with van der Waals surface area (Å²) < 4.78 is 0. The van der Waals surface area contributed by atoms with Crippen LogP contribution in [0.15, 0.2) is 73.4 Å². The van der Waals surface area contributed by atoms with Crippen LogP contribution in [0.5, 0.6) is 0 Å². The summed E-state index contributed by atoms with van der Waals surface area (Å²) in [6.45, 7) is 4.67. The molecule has 0 aromatic heterocycles. The van der Waals surface area contributed by atoms with Gasteiger partial charge in [-0.05, 0) is 17.3 Å². The Kier molecular flexibility index (Phi) is 4.95. The van der Waals surface area contributed by atoms with E-state index < -0.39 is 0 Å². The second kappa shape index (κ2) is 7.14. The fourth-order valence-corrected chi connectivity index (χ4v) is 1.99. The SMILES string of the molecule is C=CNC(=O)N(Cc1ccccc1)Cc1ccccc1. The van der Waals surface area contributed by atoms with Crippen molar-refractivity contribution in [2.45, 2.75) is 13.1 Å². The van der Waals surface area contributed by atoms with E-state index in [9.17, 15) is 4.79 Å². The van der Waals surface area contributed by atoms with Gasteiger partial charge in [-0.15, -0.1) is 0 Å². The lowest BCUT2D eigenvalue weighted by Gasteiger charge is -2.22. The van der Waals surface area contributed by atoms with Crippen LogP contribution in [0.4, 0.5) is 4.79 Å². The van der Waals surface area contributed by atoms with Gasteiger partial charge in [0.1, 0.15) is 0 Å². The van der Waals surface area contributed by atoms with Crippen LogP contribution in [0.25, 0.3) is 0 Å². The monoisotopic (exact) mass is 266 g/mol. The third kappa shape index (κ3) is 3.99. The first kappa shape index (κ1) is 13.9. The maximum Gasteiger partial charge on any atom is 0.321 e. The number of hydrogen-bond donors (Lipinski definition) is 1. The topological polar surface area (TPSA) is 32.3 Å². The van der Waals surface area contributed by atoms with E-state index in [1.54, 1.807) is 4.90 Å². The van der Waals surface area contributed by atoms with E-state index in [1.807, 2.05) is 60.7 Å². The van der Waals surface area contributed by atoms with Crippen molar-refractivity contribution in [3.63, 3.8) is 0 Å². The Morgan fingerprint density at radius 1 is 0.950 bits per heavy atom. The molecule has 0 radical (unpaired) electrons. The number of amides is 2. The van der Waals surface area contributed by atoms with E-state index >= 15 is 0 Å². The largest absolute Gasteiger partial charge is 0.321 e. The zero-order valence-electron chi connectivity index (χ0n) is 11.3. The molecule has 0 spiro atoms. The van der Waals surface area contributed by atoms with Crippen molar-refractivity contribution in [3.05, 3.63) is 84.6 Å². The van der Waals surface area contributed by atoms with Gasteiger partial charge >= 0.3 is 6.03 Å². The second-order valence-corrected chi connectivity index (χ2v) is 4.48. The Labute approximate surface area is 119 Å². The van der Waals surface area contributed by atoms with Crippen molar-refractivity contribution in [2.24, 2.45) is 0 Å². The van der Waals surface area contributed by atoms with Gasteiger partial charge in [0.05, 0.1) is 0 Å². The maximum absolute atomic E-state index is 12.1. The molecule has 0 fully saturated rings. The van der Waals surface area contributed by atoms with Crippen LogP contribution in [0.1, 0.15) is 11.1 Å². The number of nitrogens with one attached hydrogen (secondary N) is 1. The first-order valence-electron chi connectivity index (χ1n) is 6.54. The van der Waals surface area contributed by atoms with Crippen LogP contribution >= 0.6 is 0 Å². The van der Waals surface area contributed by atoms with E-state index in [0.717, 1.165) is 11.1 Å². The van der Waals surface area contributed by atoms with Crippen LogP contribution in [0.3, 0.4) is 0 Å². The van der Waals surface area contributed by atoms with Gasteiger partial charge < -0.3 is 10.2 Å². The van der Waals surface area contributed by atoms with Gasteiger partial charge in [-0.2, -0.15) is 0 Å². The zero-order valence-corrected chi connectivity index (χ0v) is 11.3. The molecule has 0 unspecified atom stereocenters. The van der Waals surface area contributed by atoms with Gasteiger partial charge in [0.2, 0.25) is 0 Å². The van der Waals surface area contributed by atoms with Gasteiger partial charge in [-0.25, -0.2) is 4.79 Å². The molecule has 0 bridgehead atoms. The molecule has 2 rings (SSSR count). The predicted molar refractivity (Wildman–Crippen MR) is 80.9 cm³/mol. The van der Waals surface area contributed by atoms with Crippen molar-refractivity contribution in [1.29, 1.82) is 0 Å². The summed E-state index contributed by atoms with van der Waals surface area (Å²) in [5.74, 6) is 0. The Morgan fingerprint density at radius 3 is 1.80 bits per heavy atom. The second-order valence-electron chi connectivity index (χ2n) is 4.48. The molecule has 0 saturated heterocycles. The van der Waals surface area contributed by atoms with E-state index in [0.29, 0.717) is 13.1 Å². The number of benzene rings is 2. The quantitative estimate of drug-likeness (QED) is 0.882. The van der Waals surface area contributed by atoms with Crippen LogP contribution in [-0.2, 0) is 13.1 Å². The normalized spacial score (nSPS) is 9.80. The first-order valence-corrected chi connectivity index (χ1v) is 6.54. The lowest BCUT2D eigenvalue weighted by Crippen LogP contribution is -2.36. The van der Waals surface area contributed by atoms with Gasteiger partial charge in [0, 0.05) is 13.1 Å². The molecule has 3 heteroatoms. The Balaban J connectivity index is 2.12. The summed E-state index contributed by atoms with van der Waals surface area (Å²) in [6.07, 6.45) is 1.41. The molecule has 0 atom stereocenters. The van der Waals surface area contributed by atoms with E-state index in [2.05, 4.69) is 11.9 Å². The molecule has 20 heavy (non-hydrogen) atoms. The average molecular weight is 266 g/mol. The van der Waals surface area contributed by atoms with Crippen LogP contribution < -0.4 is 5.32 Å². The maximum atomic E-state index is 12.1. The molecule has 0 aliphatic carbocycles. The van der Waals surface area contributed by atoms with Crippen LogP contribution in [-0.4, -0.2) is 10.9 Å². The Morgan fingerprint density at radius 2 is 1.40 bits per heavy atom. The number of carbonyl (C=O) groups excluding carboxylic acids is 1. The highest BCUT2D eigenvalue weighted by Gasteiger charge is 2.13. The number of hydrogen-bond acceptors (Lipinski definition) is 1. The summed E-state index contributed by atoms with van der Waals surface area (Å²) in [5.41, 5.74) is 2.20. The van der Waals surface area contributed by atoms with Crippen LogP contribution in [0.2, 0.25) is 0 Å². The summed E-state index contributed by atoms with van der Waals surface area (Å²) >= 11 is 0. The van der Waals surface area contributed by atoms with E-state index in [1.165, 1.54) is 6.20 Å². The fraction of sp³-hybridized carbons (Fsp3) is 0.118. The third-order valence-electron chi connectivity index (χ3n) is 2.95. The van der Waals surface area contributed by atoms with Crippen molar-refractivity contribution in [3.8, 4) is 0 Å². The molecule has 2 aromatic carbocycles. The third-order valence-corrected chi connectivity index (χ3v) is 2.95. The smallest absolute Gasteiger partial charge is 0.316 e. The number of rotatable bonds is 5. The molecule has 2 amide bonds. The van der Waals surface area contributed by atoms with E-state index in [4.69, 9.17) is 0 Å². The first-order chi connectivity index (χ1) is 9.79. The van der Waals surface area contributed by atoms with Crippen molar-refractivity contribution in [2.75, 3.05) is 0 Å². The summed E-state index contributed by atoms with van der Waals surface area (Å²) in [7, 11) is 0. The molecule has 3 nitrogen and oxygen atoms in total. The molecular formula is C17H18N2O. The summed E-state index contributed by atoms with van der Waals surface area (Å²) in [6, 6.07) is 19.7. The molecule has 0 heterocycles. The van der Waals surface area contributed by atoms with Crippen LogP contribution in [0, 0.1) is 0 Å². The minimum Gasteiger partial charge on any atom is -0.316 e. The Hall–Kier alpha value is -2.55. The number of carbonyl (C=O) groups is 1. The average Bonchev–Trinajstić information content (AvgIpc) is 2.49. The molecule has 0 aliphatic rings. The predicted octanol–water partition coefficient (Wildman–Crippen LogP) is 3.54. The molecule has 0 saturated carbocycles. The van der Waals surface area contributed by atoms with Gasteiger partial charge in [0.15, 0.2) is 0 Å². The van der Waals surface area contributed by atoms with Gasteiger partial charge in [-0.3, -0.25) is 0 Å². The lowest BCUT2D eigenvalue weighted by atomic mass is 10.2.